The van der Waals surface area contributed by atoms with Crippen LogP contribution in [0.1, 0.15) is 11.1 Å². The molecule has 0 aromatic heterocycles. The van der Waals surface area contributed by atoms with E-state index in [1.54, 1.807) is 24.3 Å². The van der Waals surface area contributed by atoms with Gasteiger partial charge in [-0.2, -0.15) is 0 Å². The summed E-state index contributed by atoms with van der Waals surface area (Å²) in [6.07, 6.45) is 0.338. The van der Waals surface area contributed by atoms with Gasteiger partial charge in [-0.05, 0) is 17.7 Å². The van der Waals surface area contributed by atoms with Gasteiger partial charge < -0.3 is 5.11 Å². The molecule has 0 saturated carbocycles. The van der Waals surface area contributed by atoms with E-state index in [9.17, 15) is 15.2 Å². The smallest absolute Gasteiger partial charge is 0.310 e. The van der Waals surface area contributed by atoms with Crippen molar-refractivity contribution in [2.75, 3.05) is 0 Å². The number of nitro benzene ring substituents is 1. The van der Waals surface area contributed by atoms with Crippen molar-refractivity contribution in [1.82, 2.24) is 0 Å². The number of phenolic OH excluding ortho intramolecular Hbond substituents is 1. The molecule has 0 saturated heterocycles. The van der Waals surface area contributed by atoms with Crippen LogP contribution in [0.5, 0.6) is 5.75 Å². The third kappa shape index (κ3) is 2.97. The van der Waals surface area contributed by atoms with Gasteiger partial charge in [-0.3, -0.25) is 10.1 Å². The topological polar surface area (TPSA) is 63.4 Å². The molecular formula is C13H9Cl2NO3. The van der Waals surface area contributed by atoms with Crippen LogP contribution in [0.25, 0.3) is 0 Å². The Morgan fingerprint density at radius 3 is 2.53 bits per heavy atom. The monoisotopic (exact) mass is 297 g/mol. The second-order valence-corrected chi connectivity index (χ2v) is 4.78. The first-order valence-corrected chi connectivity index (χ1v) is 6.14. The lowest BCUT2D eigenvalue weighted by molar-refractivity contribution is -0.385. The number of halogens is 2. The minimum absolute atomic E-state index is 0.308. The lowest BCUT2D eigenvalue weighted by atomic mass is 10.0. The van der Waals surface area contributed by atoms with Crippen molar-refractivity contribution in [3.63, 3.8) is 0 Å². The zero-order chi connectivity index (χ0) is 14.0. The summed E-state index contributed by atoms with van der Waals surface area (Å²) < 4.78 is 0. The van der Waals surface area contributed by atoms with E-state index < -0.39 is 4.92 Å². The highest BCUT2D eigenvalue weighted by Crippen LogP contribution is 2.32. The normalized spacial score (nSPS) is 10.4. The zero-order valence-electron chi connectivity index (χ0n) is 9.64. The van der Waals surface area contributed by atoms with Crippen LogP contribution < -0.4 is 0 Å². The van der Waals surface area contributed by atoms with Crippen LogP contribution in [0.3, 0.4) is 0 Å². The molecular weight excluding hydrogens is 289 g/mol. The lowest BCUT2D eigenvalue weighted by Crippen LogP contribution is -1.94. The lowest BCUT2D eigenvalue weighted by Gasteiger charge is -2.06. The number of para-hydroxylation sites is 1. The molecule has 0 spiro atoms. The van der Waals surface area contributed by atoms with Crippen LogP contribution in [0.4, 0.5) is 5.69 Å². The van der Waals surface area contributed by atoms with Crippen LogP contribution in [-0.4, -0.2) is 10.0 Å². The number of rotatable bonds is 3. The molecule has 98 valence electrons. The van der Waals surface area contributed by atoms with E-state index in [-0.39, 0.29) is 11.4 Å². The molecule has 0 fully saturated rings. The number of nitrogens with zero attached hydrogens (tertiary/aromatic N) is 1. The highest BCUT2D eigenvalue weighted by atomic mass is 35.5. The van der Waals surface area contributed by atoms with Gasteiger partial charge >= 0.3 is 5.69 Å². The molecule has 0 heterocycles. The molecule has 6 heteroatoms. The Morgan fingerprint density at radius 1 is 1.16 bits per heavy atom. The molecule has 0 aliphatic heterocycles. The molecule has 0 amide bonds. The first-order chi connectivity index (χ1) is 8.99. The van der Waals surface area contributed by atoms with Gasteiger partial charge in [0.2, 0.25) is 0 Å². The van der Waals surface area contributed by atoms with Crippen LogP contribution in [0.2, 0.25) is 10.0 Å². The number of hydrogen-bond donors (Lipinski definition) is 1. The van der Waals surface area contributed by atoms with Crippen molar-refractivity contribution in [1.29, 1.82) is 0 Å². The summed E-state index contributed by atoms with van der Waals surface area (Å²) in [5.41, 5.74) is 0.968. The van der Waals surface area contributed by atoms with Crippen LogP contribution in [0, 0.1) is 10.1 Å². The fraction of sp³-hybridized carbons (Fsp3) is 0.0769. The fourth-order valence-corrected chi connectivity index (χ4v) is 2.06. The Labute approximate surface area is 119 Å². The Kier molecular flexibility index (Phi) is 3.93. The molecule has 4 nitrogen and oxygen atoms in total. The number of nitro groups is 1. The molecule has 2 aromatic rings. The quantitative estimate of drug-likeness (QED) is 0.682. The van der Waals surface area contributed by atoms with Gasteiger partial charge in [0, 0.05) is 18.1 Å². The Balaban J connectivity index is 2.35. The van der Waals surface area contributed by atoms with Gasteiger partial charge in [0.15, 0.2) is 5.75 Å². The Hall–Kier alpha value is -1.78. The predicted octanol–water partition coefficient (Wildman–Crippen LogP) is 4.20. The van der Waals surface area contributed by atoms with Gasteiger partial charge in [-0.25, -0.2) is 0 Å². The highest BCUT2D eigenvalue weighted by Gasteiger charge is 2.16. The van der Waals surface area contributed by atoms with Gasteiger partial charge in [0.1, 0.15) is 0 Å². The molecule has 0 aliphatic rings. The number of benzene rings is 2. The molecule has 2 rings (SSSR count). The average Bonchev–Trinajstić information content (AvgIpc) is 2.36. The first kappa shape index (κ1) is 13.6. The van der Waals surface area contributed by atoms with Crippen molar-refractivity contribution >= 4 is 28.9 Å². The van der Waals surface area contributed by atoms with Gasteiger partial charge in [0.25, 0.3) is 0 Å². The summed E-state index contributed by atoms with van der Waals surface area (Å²) >= 11 is 11.7. The van der Waals surface area contributed by atoms with Gasteiger partial charge in [-0.1, -0.05) is 41.4 Å². The standard InChI is InChI=1S/C13H9Cl2NO3/c14-10-5-4-8(7-11(10)15)6-9-2-1-3-12(13(9)17)16(18)19/h1-5,7,17H,6H2. The maximum Gasteiger partial charge on any atom is 0.310 e. The molecule has 0 unspecified atom stereocenters. The van der Waals surface area contributed by atoms with E-state index in [1.165, 1.54) is 12.1 Å². The minimum Gasteiger partial charge on any atom is -0.502 e. The van der Waals surface area contributed by atoms with Crippen molar-refractivity contribution in [3.8, 4) is 5.75 Å². The third-order valence-electron chi connectivity index (χ3n) is 2.67. The summed E-state index contributed by atoms with van der Waals surface area (Å²) in [7, 11) is 0. The Morgan fingerprint density at radius 2 is 1.89 bits per heavy atom. The molecule has 0 radical (unpaired) electrons. The number of hydrogen-bond acceptors (Lipinski definition) is 3. The zero-order valence-corrected chi connectivity index (χ0v) is 11.1. The van der Waals surface area contributed by atoms with Gasteiger partial charge in [0.05, 0.1) is 15.0 Å². The van der Waals surface area contributed by atoms with Gasteiger partial charge in [-0.15, -0.1) is 0 Å². The fourth-order valence-electron chi connectivity index (χ4n) is 1.74. The van der Waals surface area contributed by atoms with E-state index >= 15 is 0 Å². The molecule has 2 aromatic carbocycles. The molecule has 1 N–H and O–H groups in total. The van der Waals surface area contributed by atoms with Crippen molar-refractivity contribution in [2.45, 2.75) is 6.42 Å². The van der Waals surface area contributed by atoms with Crippen molar-refractivity contribution in [2.24, 2.45) is 0 Å². The van der Waals surface area contributed by atoms with E-state index in [4.69, 9.17) is 23.2 Å². The van der Waals surface area contributed by atoms with Crippen molar-refractivity contribution in [3.05, 3.63) is 67.7 Å². The minimum atomic E-state index is -0.617. The summed E-state index contributed by atoms with van der Waals surface area (Å²) in [5.74, 6) is -0.321. The summed E-state index contributed by atoms with van der Waals surface area (Å²) in [6.45, 7) is 0. The van der Waals surface area contributed by atoms with E-state index in [0.717, 1.165) is 5.56 Å². The molecule has 0 aliphatic carbocycles. The highest BCUT2D eigenvalue weighted by molar-refractivity contribution is 6.42. The number of phenols is 1. The van der Waals surface area contributed by atoms with Crippen LogP contribution in [0.15, 0.2) is 36.4 Å². The first-order valence-electron chi connectivity index (χ1n) is 5.38. The second kappa shape index (κ2) is 5.47. The SMILES string of the molecule is O=[N+]([O-])c1cccc(Cc2ccc(Cl)c(Cl)c2)c1O. The Bertz CT molecular complexity index is 644. The predicted molar refractivity (Wildman–Crippen MR) is 74.0 cm³/mol. The van der Waals surface area contributed by atoms with E-state index in [2.05, 4.69) is 0 Å². The van der Waals surface area contributed by atoms with E-state index in [0.29, 0.717) is 22.0 Å². The van der Waals surface area contributed by atoms with Crippen LogP contribution >= 0.6 is 23.2 Å². The average molecular weight is 298 g/mol. The molecule has 19 heavy (non-hydrogen) atoms. The van der Waals surface area contributed by atoms with Crippen LogP contribution in [-0.2, 0) is 6.42 Å². The summed E-state index contributed by atoms with van der Waals surface area (Å²) in [5, 5.41) is 21.4. The van der Waals surface area contributed by atoms with Crippen molar-refractivity contribution < 1.29 is 10.0 Å². The second-order valence-electron chi connectivity index (χ2n) is 3.97. The third-order valence-corrected chi connectivity index (χ3v) is 3.41. The largest absolute Gasteiger partial charge is 0.502 e. The van der Waals surface area contributed by atoms with E-state index in [1.807, 2.05) is 0 Å². The summed E-state index contributed by atoms with van der Waals surface area (Å²) in [4.78, 5) is 10.1. The maximum atomic E-state index is 10.7. The maximum absolute atomic E-state index is 10.7. The summed E-state index contributed by atoms with van der Waals surface area (Å²) in [6, 6.07) is 9.49. The molecule has 0 atom stereocenters. The molecule has 0 bridgehead atoms. The number of aromatic hydroxyl groups is 1.